The van der Waals surface area contributed by atoms with Crippen LogP contribution in [0.4, 0.5) is 0 Å². The molecule has 0 aliphatic heterocycles. The number of pyridine rings is 1. The van der Waals surface area contributed by atoms with Gasteiger partial charge in [0.15, 0.2) is 0 Å². The van der Waals surface area contributed by atoms with Crippen LogP contribution in [0.2, 0.25) is 0 Å². The van der Waals surface area contributed by atoms with Crippen molar-refractivity contribution >= 4 is 5.91 Å². The molecule has 0 saturated carbocycles. The number of nitrogens with zero attached hydrogens (tertiary/aromatic N) is 1. The number of aromatic nitrogens is 1. The van der Waals surface area contributed by atoms with Crippen LogP contribution in [-0.4, -0.2) is 10.9 Å². The van der Waals surface area contributed by atoms with Gasteiger partial charge >= 0.3 is 0 Å². The molecular formula is C13H11N2O. The van der Waals surface area contributed by atoms with Crippen molar-refractivity contribution in [3.8, 4) is 0 Å². The molecule has 0 fully saturated rings. The summed E-state index contributed by atoms with van der Waals surface area (Å²) >= 11 is 0. The lowest BCUT2D eigenvalue weighted by Crippen LogP contribution is -2.14. The smallest absolute Gasteiger partial charge is 0.250 e. The van der Waals surface area contributed by atoms with Crippen molar-refractivity contribution in [3.05, 3.63) is 71.9 Å². The Balaban J connectivity index is 2.31. The maximum atomic E-state index is 11.2. The van der Waals surface area contributed by atoms with E-state index in [1.165, 1.54) is 0 Å². The summed E-state index contributed by atoms with van der Waals surface area (Å²) in [6.07, 6.45) is 3.47. The van der Waals surface area contributed by atoms with E-state index < -0.39 is 5.91 Å². The normalized spacial score (nSPS) is 10.0. The van der Waals surface area contributed by atoms with Gasteiger partial charge in [0.1, 0.15) is 0 Å². The van der Waals surface area contributed by atoms with Gasteiger partial charge in [0.05, 0.1) is 11.3 Å². The number of benzene rings is 1. The molecule has 1 amide bonds. The molecule has 0 aliphatic carbocycles. The molecule has 0 atom stereocenters. The monoisotopic (exact) mass is 211 g/mol. The first-order valence-corrected chi connectivity index (χ1v) is 4.92. The Hall–Kier alpha value is -2.16. The summed E-state index contributed by atoms with van der Waals surface area (Å²) < 4.78 is 0. The minimum absolute atomic E-state index is 0.436. The third kappa shape index (κ3) is 2.25. The molecule has 3 nitrogen and oxygen atoms in total. The third-order valence-electron chi connectivity index (χ3n) is 2.21. The zero-order valence-corrected chi connectivity index (χ0v) is 8.63. The zero-order valence-electron chi connectivity index (χ0n) is 8.63. The molecule has 0 unspecified atom stereocenters. The van der Waals surface area contributed by atoms with E-state index >= 15 is 0 Å². The van der Waals surface area contributed by atoms with Crippen LogP contribution in [0.1, 0.15) is 21.6 Å². The highest BCUT2D eigenvalue weighted by Gasteiger charge is 2.08. The molecule has 2 aromatic rings. The summed E-state index contributed by atoms with van der Waals surface area (Å²) in [5.41, 5.74) is 7.29. The Kier molecular flexibility index (Phi) is 2.96. The van der Waals surface area contributed by atoms with Crippen LogP contribution < -0.4 is 5.73 Å². The van der Waals surface area contributed by atoms with Gasteiger partial charge in [-0.3, -0.25) is 9.78 Å². The molecular weight excluding hydrogens is 200 g/mol. The maximum absolute atomic E-state index is 11.2. The van der Waals surface area contributed by atoms with Crippen LogP contribution in [0.25, 0.3) is 0 Å². The third-order valence-corrected chi connectivity index (χ3v) is 2.21. The van der Waals surface area contributed by atoms with E-state index in [1.54, 1.807) is 18.3 Å². The lowest BCUT2D eigenvalue weighted by atomic mass is 10.1. The number of hydrogen-bond donors (Lipinski definition) is 1. The van der Waals surface area contributed by atoms with Crippen molar-refractivity contribution in [1.82, 2.24) is 4.98 Å². The highest BCUT2D eigenvalue weighted by Crippen LogP contribution is 2.13. The van der Waals surface area contributed by atoms with Crippen molar-refractivity contribution in [2.45, 2.75) is 0 Å². The lowest BCUT2D eigenvalue weighted by molar-refractivity contribution is 0.0999. The topological polar surface area (TPSA) is 56.0 Å². The fraction of sp³-hybridized carbons (Fsp3) is 0. The van der Waals surface area contributed by atoms with Gasteiger partial charge in [-0.05, 0) is 17.7 Å². The second kappa shape index (κ2) is 4.57. The van der Waals surface area contributed by atoms with Crippen LogP contribution in [0, 0.1) is 6.42 Å². The summed E-state index contributed by atoms with van der Waals surface area (Å²) in [6, 6.07) is 13.0. The lowest BCUT2D eigenvalue weighted by Gasteiger charge is -2.04. The summed E-state index contributed by atoms with van der Waals surface area (Å²) in [6.45, 7) is 0. The second-order valence-corrected chi connectivity index (χ2v) is 3.36. The predicted octanol–water partition coefficient (Wildman–Crippen LogP) is 1.78. The largest absolute Gasteiger partial charge is 0.366 e. The minimum Gasteiger partial charge on any atom is -0.366 e. The van der Waals surface area contributed by atoms with Crippen molar-refractivity contribution in [1.29, 1.82) is 0 Å². The Labute approximate surface area is 93.9 Å². The average Bonchev–Trinajstić information content (AvgIpc) is 2.31. The Morgan fingerprint density at radius 3 is 2.56 bits per heavy atom. The summed E-state index contributed by atoms with van der Waals surface area (Å²) in [7, 11) is 0. The van der Waals surface area contributed by atoms with Crippen molar-refractivity contribution in [3.63, 3.8) is 0 Å². The van der Waals surface area contributed by atoms with Crippen LogP contribution in [0.15, 0.2) is 48.7 Å². The fourth-order valence-corrected chi connectivity index (χ4v) is 1.45. The van der Waals surface area contributed by atoms with Crippen LogP contribution in [0.5, 0.6) is 0 Å². The fourth-order valence-electron chi connectivity index (χ4n) is 1.45. The van der Waals surface area contributed by atoms with Crippen molar-refractivity contribution < 1.29 is 4.79 Å². The minimum atomic E-state index is -0.463. The van der Waals surface area contributed by atoms with Gasteiger partial charge < -0.3 is 5.73 Å². The molecule has 1 radical (unpaired) electrons. The van der Waals surface area contributed by atoms with Gasteiger partial charge in [0.2, 0.25) is 0 Å². The SMILES string of the molecule is NC(=O)c1cccnc1[CH]c1ccccc1. The van der Waals surface area contributed by atoms with E-state index in [4.69, 9.17) is 5.73 Å². The zero-order chi connectivity index (χ0) is 11.4. The van der Waals surface area contributed by atoms with E-state index in [2.05, 4.69) is 4.98 Å². The van der Waals surface area contributed by atoms with Crippen LogP contribution in [0.3, 0.4) is 0 Å². The first kappa shape index (κ1) is 10.4. The summed E-state index contributed by atoms with van der Waals surface area (Å²) in [5.74, 6) is -0.463. The molecule has 1 heterocycles. The van der Waals surface area contributed by atoms with Crippen molar-refractivity contribution in [2.75, 3.05) is 0 Å². The van der Waals surface area contributed by atoms with Crippen LogP contribution in [-0.2, 0) is 0 Å². The quantitative estimate of drug-likeness (QED) is 0.841. The van der Waals surface area contributed by atoms with Gasteiger partial charge in [-0.15, -0.1) is 0 Å². The summed E-state index contributed by atoms with van der Waals surface area (Å²) in [4.78, 5) is 15.3. The van der Waals surface area contributed by atoms with E-state index in [9.17, 15) is 4.79 Å². The summed E-state index contributed by atoms with van der Waals surface area (Å²) in [5, 5.41) is 0. The molecule has 2 rings (SSSR count). The standard InChI is InChI=1S/C13H11N2O/c14-13(16)11-7-4-8-15-12(11)9-10-5-2-1-3-6-10/h1-9H,(H2,14,16). The molecule has 0 spiro atoms. The highest BCUT2D eigenvalue weighted by molar-refractivity contribution is 5.94. The number of carbonyl (C=O) groups is 1. The number of carbonyl (C=O) groups excluding carboxylic acids is 1. The van der Waals surface area contributed by atoms with E-state index in [1.807, 2.05) is 36.8 Å². The molecule has 2 N–H and O–H groups in total. The molecule has 0 saturated heterocycles. The predicted molar refractivity (Wildman–Crippen MR) is 61.7 cm³/mol. The van der Waals surface area contributed by atoms with E-state index in [-0.39, 0.29) is 0 Å². The molecule has 79 valence electrons. The maximum Gasteiger partial charge on any atom is 0.250 e. The second-order valence-electron chi connectivity index (χ2n) is 3.36. The molecule has 0 bridgehead atoms. The van der Waals surface area contributed by atoms with E-state index in [0.717, 1.165) is 5.56 Å². The van der Waals surface area contributed by atoms with Gasteiger partial charge in [0.25, 0.3) is 5.91 Å². The molecule has 1 aromatic carbocycles. The Bertz CT molecular complexity index is 494. The molecule has 0 aliphatic rings. The first-order valence-electron chi connectivity index (χ1n) is 4.92. The van der Waals surface area contributed by atoms with Gasteiger partial charge in [-0.2, -0.15) is 0 Å². The number of hydrogen-bond acceptors (Lipinski definition) is 2. The van der Waals surface area contributed by atoms with Gasteiger partial charge in [-0.25, -0.2) is 0 Å². The Morgan fingerprint density at radius 1 is 1.12 bits per heavy atom. The molecule has 1 aromatic heterocycles. The number of primary amides is 1. The number of rotatable bonds is 3. The van der Waals surface area contributed by atoms with Gasteiger partial charge in [-0.1, -0.05) is 30.3 Å². The van der Waals surface area contributed by atoms with Crippen molar-refractivity contribution in [2.24, 2.45) is 5.73 Å². The number of nitrogens with two attached hydrogens (primary N) is 1. The molecule has 16 heavy (non-hydrogen) atoms. The highest BCUT2D eigenvalue weighted by atomic mass is 16.1. The number of amides is 1. The Morgan fingerprint density at radius 2 is 1.88 bits per heavy atom. The van der Waals surface area contributed by atoms with E-state index in [0.29, 0.717) is 11.3 Å². The van der Waals surface area contributed by atoms with Gasteiger partial charge in [0, 0.05) is 12.6 Å². The van der Waals surface area contributed by atoms with Crippen LogP contribution >= 0.6 is 0 Å². The molecule has 3 heteroatoms. The first-order chi connectivity index (χ1) is 7.77. The average molecular weight is 211 g/mol.